The molecular weight excluding hydrogens is 222 g/mol. The molecule has 0 radical (unpaired) electrons. The first-order valence-corrected chi connectivity index (χ1v) is 5.49. The topological polar surface area (TPSA) is 89.0 Å². The van der Waals surface area contributed by atoms with E-state index in [1.165, 1.54) is 0 Å². The zero-order chi connectivity index (χ0) is 12.1. The van der Waals surface area contributed by atoms with Gasteiger partial charge in [0.25, 0.3) is 0 Å². The van der Waals surface area contributed by atoms with E-state index in [9.17, 15) is 0 Å². The number of hydrogen-bond acceptors (Lipinski definition) is 7. The predicted octanol–water partition coefficient (Wildman–Crippen LogP) is 1.34. The van der Waals surface area contributed by atoms with Crippen LogP contribution in [-0.2, 0) is 6.54 Å². The molecule has 2 heterocycles. The maximum atomic E-state index is 5.44. The Morgan fingerprint density at radius 3 is 3.00 bits per heavy atom. The lowest BCUT2D eigenvalue weighted by atomic mass is 10.3. The van der Waals surface area contributed by atoms with Gasteiger partial charge in [0.15, 0.2) is 5.76 Å². The molecule has 7 nitrogen and oxygen atoms in total. The molecule has 2 rings (SSSR count). The molecule has 1 atom stereocenters. The summed E-state index contributed by atoms with van der Waals surface area (Å²) in [6.07, 6.45) is 1.59. The van der Waals surface area contributed by atoms with Crippen molar-refractivity contribution in [1.82, 2.24) is 20.7 Å². The van der Waals surface area contributed by atoms with E-state index < -0.39 is 0 Å². The molecule has 2 aromatic heterocycles. The van der Waals surface area contributed by atoms with Crippen LogP contribution in [0.25, 0.3) is 0 Å². The SMILES string of the molecule is CCNC(C)c1nnc(NCc2ccno2)o1. The lowest BCUT2D eigenvalue weighted by Crippen LogP contribution is -2.17. The highest BCUT2D eigenvalue weighted by Gasteiger charge is 2.12. The van der Waals surface area contributed by atoms with Crippen molar-refractivity contribution in [2.24, 2.45) is 0 Å². The molecule has 0 amide bonds. The van der Waals surface area contributed by atoms with E-state index in [0.717, 1.165) is 6.54 Å². The van der Waals surface area contributed by atoms with Gasteiger partial charge in [-0.1, -0.05) is 17.2 Å². The summed E-state index contributed by atoms with van der Waals surface area (Å²) in [6.45, 7) is 5.31. The van der Waals surface area contributed by atoms with Crippen LogP contribution in [0.2, 0.25) is 0 Å². The average molecular weight is 237 g/mol. The predicted molar refractivity (Wildman–Crippen MR) is 60.2 cm³/mol. The van der Waals surface area contributed by atoms with Crippen LogP contribution in [0.5, 0.6) is 0 Å². The van der Waals surface area contributed by atoms with Gasteiger partial charge in [0, 0.05) is 6.07 Å². The molecule has 2 N–H and O–H groups in total. The molecule has 0 aromatic carbocycles. The fourth-order valence-electron chi connectivity index (χ4n) is 1.37. The van der Waals surface area contributed by atoms with Gasteiger partial charge in [-0.2, -0.15) is 0 Å². The number of aromatic nitrogens is 3. The summed E-state index contributed by atoms with van der Waals surface area (Å²) in [7, 11) is 0. The minimum atomic E-state index is 0.0494. The maximum absolute atomic E-state index is 5.44. The summed E-state index contributed by atoms with van der Waals surface area (Å²) in [5.41, 5.74) is 0. The van der Waals surface area contributed by atoms with Crippen molar-refractivity contribution >= 4 is 6.01 Å². The van der Waals surface area contributed by atoms with Crippen LogP contribution in [0, 0.1) is 0 Å². The van der Waals surface area contributed by atoms with Gasteiger partial charge in [0.1, 0.15) is 0 Å². The molecule has 92 valence electrons. The summed E-state index contributed by atoms with van der Waals surface area (Å²) in [5, 5.41) is 17.6. The zero-order valence-electron chi connectivity index (χ0n) is 9.80. The number of rotatable bonds is 6. The Labute approximate surface area is 98.6 Å². The van der Waals surface area contributed by atoms with E-state index in [1.54, 1.807) is 12.3 Å². The van der Waals surface area contributed by atoms with Crippen molar-refractivity contribution in [2.45, 2.75) is 26.4 Å². The number of anilines is 1. The van der Waals surface area contributed by atoms with Crippen LogP contribution < -0.4 is 10.6 Å². The molecule has 2 aromatic rings. The lowest BCUT2D eigenvalue weighted by molar-refractivity contribution is 0.385. The molecule has 0 saturated heterocycles. The summed E-state index contributed by atoms with van der Waals surface area (Å²) in [6, 6.07) is 2.19. The number of hydrogen-bond donors (Lipinski definition) is 2. The molecule has 0 aliphatic rings. The fourth-order valence-corrected chi connectivity index (χ4v) is 1.37. The Balaban J connectivity index is 1.89. The average Bonchev–Trinajstić information content (AvgIpc) is 2.98. The molecular formula is C10H15N5O2. The molecule has 0 saturated carbocycles. The van der Waals surface area contributed by atoms with E-state index >= 15 is 0 Å². The molecule has 0 fully saturated rings. The van der Waals surface area contributed by atoms with Crippen LogP contribution in [0.1, 0.15) is 31.5 Å². The van der Waals surface area contributed by atoms with Gasteiger partial charge < -0.3 is 19.6 Å². The van der Waals surface area contributed by atoms with E-state index in [-0.39, 0.29) is 6.04 Å². The lowest BCUT2D eigenvalue weighted by Gasteiger charge is -2.05. The van der Waals surface area contributed by atoms with E-state index in [0.29, 0.717) is 24.2 Å². The minimum absolute atomic E-state index is 0.0494. The van der Waals surface area contributed by atoms with Crippen molar-refractivity contribution in [1.29, 1.82) is 0 Å². The molecule has 0 aliphatic carbocycles. The second kappa shape index (κ2) is 5.44. The van der Waals surface area contributed by atoms with Gasteiger partial charge in [-0.3, -0.25) is 0 Å². The first-order valence-electron chi connectivity index (χ1n) is 5.49. The monoisotopic (exact) mass is 237 g/mol. The third kappa shape index (κ3) is 3.04. The standard InChI is InChI=1S/C10H15N5O2/c1-3-11-7(2)9-14-15-10(16-9)12-6-8-4-5-13-17-8/h4-5,7,11H,3,6H2,1-2H3,(H,12,15). The van der Waals surface area contributed by atoms with Crippen molar-refractivity contribution in [3.05, 3.63) is 23.9 Å². The van der Waals surface area contributed by atoms with Crippen LogP contribution >= 0.6 is 0 Å². The van der Waals surface area contributed by atoms with Crippen LogP contribution in [0.4, 0.5) is 6.01 Å². The van der Waals surface area contributed by atoms with Gasteiger partial charge >= 0.3 is 6.01 Å². The van der Waals surface area contributed by atoms with E-state index in [1.807, 2.05) is 13.8 Å². The van der Waals surface area contributed by atoms with E-state index in [2.05, 4.69) is 26.0 Å². The van der Waals surface area contributed by atoms with Crippen LogP contribution in [0.15, 0.2) is 21.2 Å². The highest BCUT2D eigenvalue weighted by molar-refractivity contribution is 5.18. The van der Waals surface area contributed by atoms with Crippen LogP contribution in [0.3, 0.4) is 0 Å². The van der Waals surface area contributed by atoms with Crippen molar-refractivity contribution < 1.29 is 8.94 Å². The third-order valence-electron chi connectivity index (χ3n) is 2.23. The highest BCUT2D eigenvalue weighted by atomic mass is 16.5. The van der Waals surface area contributed by atoms with Crippen LogP contribution in [-0.4, -0.2) is 21.9 Å². The van der Waals surface area contributed by atoms with E-state index in [4.69, 9.17) is 8.94 Å². The smallest absolute Gasteiger partial charge is 0.315 e. The van der Waals surface area contributed by atoms with Crippen molar-refractivity contribution in [3.8, 4) is 0 Å². The Morgan fingerprint density at radius 1 is 1.41 bits per heavy atom. The second-order valence-corrected chi connectivity index (χ2v) is 3.56. The van der Waals surface area contributed by atoms with Gasteiger partial charge in [0.2, 0.25) is 5.89 Å². The Hall–Kier alpha value is -1.89. The van der Waals surface area contributed by atoms with Gasteiger partial charge in [-0.25, -0.2) is 0 Å². The van der Waals surface area contributed by atoms with Gasteiger partial charge in [0.05, 0.1) is 18.8 Å². The normalized spacial score (nSPS) is 12.6. The summed E-state index contributed by atoms with van der Waals surface area (Å²) < 4.78 is 10.4. The maximum Gasteiger partial charge on any atom is 0.315 e. The quantitative estimate of drug-likeness (QED) is 0.783. The highest BCUT2D eigenvalue weighted by Crippen LogP contribution is 2.13. The summed E-state index contributed by atoms with van der Waals surface area (Å²) in [5.74, 6) is 1.27. The minimum Gasteiger partial charge on any atom is -0.406 e. The number of nitrogens with one attached hydrogen (secondary N) is 2. The first kappa shape index (κ1) is 11.6. The first-order chi connectivity index (χ1) is 8.29. The number of nitrogens with zero attached hydrogens (tertiary/aromatic N) is 3. The second-order valence-electron chi connectivity index (χ2n) is 3.56. The summed E-state index contributed by atoms with van der Waals surface area (Å²) >= 11 is 0. The van der Waals surface area contributed by atoms with Gasteiger partial charge in [-0.05, 0) is 13.5 Å². The molecule has 0 spiro atoms. The molecule has 0 aliphatic heterocycles. The Morgan fingerprint density at radius 2 is 2.29 bits per heavy atom. The third-order valence-corrected chi connectivity index (χ3v) is 2.23. The Bertz CT molecular complexity index is 439. The molecule has 17 heavy (non-hydrogen) atoms. The Kier molecular flexibility index (Phi) is 3.71. The zero-order valence-corrected chi connectivity index (χ0v) is 9.80. The van der Waals surface area contributed by atoms with Crippen molar-refractivity contribution in [2.75, 3.05) is 11.9 Å². The summed E-state index contributed by atoms with van der Waals surface area (Å²) in [4.78, 5) is 0. The van der Waals surface area contributed by atoms with Crippen molar-refractivity contribution in [3.63, 3.8) is 0 Å². The van der Waals surface area contributed by atoms with Gasteiger partial charge in [-0.15, -0.1) is 5.10 Å². The fraction of sp³-hybridized carbons (Fsp3) is 0.500. The molecule has 7 heteroatoms. The molecule has 0 bridgehead atoms. The largest absolute Gasteiger partial charge is 0.406 e. The molecule has 1 unspecified atom stereocenters.